The van der Waals surface area contributed by atoms with E-state index in [4.69, 9.17) is 0 Å². The van der Waals surface area contributed by atoms with Gasteiger partial charge in [-0.1, -0.05) is 6.92 Å². The van der Waals surface area contributed by atoms with Crippen LogP contribution < -0.4 is 5.32 Å². The Bertz CT molecular complexity index is 431. The first kappa shape index (κ1) is 11.9. The summed E-state index contributed by atoms with van der Waals surface area (Å²) in [5.74, 6) is 0.996. The van der Waals surface area contributed by atoms with E-state index >= 15 is 0 Å². The van der Waals surface area contributed by atoms with Gasteiger partial charge in [-0.15, -0.1) is 0 Å². The van der Waals surface area contributed by atoms with Crippen LogP contribution in [0, 0.1) is 0 Å². The van der Waals surface area contributed by atoms with E-state index < -0.39 is 0 Å². The number of aromatic nitrogens is 4. The summed E-state index contributed by atoms with van der Waals surface area (Å²) in [4.78, 5) is 7.43. The van der Waals surface area contributed by atoms with E-state index in [1.54, 1.807) is 6.20 Å². The van der Waals surface area contributed by atoms with Crippen molar-refractivity contribution in [1.82, 2.24) is 25.1 Å². The van der Waals surface area contributed by atoms with Gasteiger partial charge in [-0.3, -0.25) is 4.68 Å². The molecule has 0 aliphatic rings. The largest absolute Gasteiger partial charge is 0.347 e. The van der Waals surface area contributed by atoms with E-state index in [1.807, 2.05) is 17.1 Å². The third kappa shape index (κ3) is 2.94. The Labute approximate surface area is 101 Å². The monoisotopic (exact) mass is 233 g/mol. The maximum Gasteiger partial charge on any atom is 0.123 e. The Hall–Kier alpha value is -1.62. The van der Waals surface area contributed by atoms with Crippen LogP contribution in [0.4, 0.5) is 0 Å². The van der Waals surface area contributed by atoms with Crippen LogP contribution >= 0.6 is 0 Å². The summed E-state index contributed by atoms with van der Waals surface area (Å²) in [7, 11) is 0. The molecule has 2 aromatic heterocycles. The summed E-state index contributed by atoms with van der Waals surface area (Å²) in [6, 6.07) is 0.273. The molecule has 0 aliphatic heterocycles. The summed E-state index contributed by atoms with van der Waals surface area (Å²) in [6.45, 7) is 5.96. The standard InChI is InChI=1S/C12H19N5/c1-3-11(12-13-5-6-14-12)15-7-10-8-16-17(4-2)9-10/h5-6,8-9,11,15H,3-4,7H2,1-2H3,(H,13,14). The lowest BCUT2D eigenvalue weighted by Crippen LogP contribution is -2.21. The highest BCUT2D eigenvalue weighted by Gasteiger charge is 2.10. The van der Waals surface area contributed by atoms with E-state index in [9.17, 15) is 0 Å². The predicted molar refractivity (Wildman–Crippen MR) is 66.4 cm³/mol. The summed E-state index contributed by atoms with van der Waals surface area (Å²) < 4.78 is 1.94. The van der Waals surface area contributed by atoms with Gasteiger partial charge in [0.05, 0.1) is 12.2 Å². The lowest BCUT2D eigenvalue weighted by atomic mass is 10.2. The fourth-order valence-corrected chi connectivity index (χ4v) is 1.81. The van der Waals surface area contributed by atoms with E-state index in [-0.39, 0.29) is 6.04 Å². The van der Waals surface area contributed by atoms with Crippen LogP contribution in [0.1, 0.15) is 37.7 Å². The molecular weight excluding hydrogens is 214 g/mol. The van der Waals surface area contributed by atoms with Gasteiger partial charge in [-0.25, -0.2) is 4.98 Å². The number of rotatable bonds is 6. The lowest BCUT2D eigenvalue weighted by molar-refractivity contribution is 0.497. The van der Waals surface area contributed by atoms with Crippen molar-refractivity contribution in [3.8, 4) is 0 Å². The van der Waals surface area contributed by atoms with Crippen LogP contribution in [0.2, 0.25) is 0 Å². The van der Waals surface area contributed by atoms with E-state index in [1.165, 1.54) is 5.56 Å². The summed E-state index contributed by atoms with van der Waals surface area (Å²) in [5.41, 5.74) is 1.21. The van der Waals surface area contributed by atoms with Crippen molar-refractivity contribution < 1.29 is 0 Å². The SMILES string of the molecule is CCC(NCc1cnn(CC)c1)c1ncc[nH]1. The number of imidazole rings is 1. The molecule has 2 rings (SSSR count). The molecule has 0 aliphatic carbocycles. The van der Waals surface area contributed by atoms with Gasteiger partial charge >= 0.3 is 0 Å². The van der Waals surface area contributed by atoms with Crippen molar-refractivity contribution in [2.24, 2.45) is 0 Å². The Morgan fingerprint density at radius 3 is 2.94 bits per heavy atom. The first-order valence-electron chi connectivity index (χ1n) is 6.07. The number of H-pyrrole nitrogens is 1. The maximum atomic E-state index is 4.28. The second kappa shape index (κ2) is 5.63. The van der Waals surface area contributed by atoms with Gasteiger partial charge in [-0.2, -0.15) is 5.10 Å². The lowest BCUT2D eigenvalue weighted by Gasteiger charge is -2.13. The quantitative estimate of drug-likeness (QED) is 0.800. The molecule has 0 radical (unpaired) electrons. The molecular formula is C12H19N5. The first-order valence-corrected chi connectivity index (χ1v) is 6.07. The summed E-state index contributed by atoms with van der Waals surface area (Å²) in [5, 5.41) is 7.73. The number of hydrogen-bond acceptors (Lipinski definition) is 3. The number of aromatic amines is 1. The molecule has 0 fully saturated rings. The highest BCUT2D eigenvalue weighted by molar-refractivity contribution is 5.04. The third-order valence-corrected chi connectivity index (χ3v) is 2.82. The van der Waals surface area contributed by atoms with E-state index in [0.29, 0.717) is 0 Å². The fourth-order valence-electron chi connectivity index (χ4n) is 1.81. The summed E-state index contributed by atoms with van der Waals surface area (Å²) in [6.07, 6.45) is 8.63. The Morgan fingerprint density at radius 1 is 1.47 bits per heavy atom. The number of aryl methyl sites for hydroxylation is 1. The molecule has 0 saturated heterocycles. The molecule has 0 bridgehead atoms. The molecule has 17 heavy (non-hydrogen) atoms. The Morgan fingerprint density at radius 2 is 2.35 bits per heavy atom. The van der Waals surface area contributed by atoms with Crippen LogP contribution in [-0.4, -0.2) is 19.7 Å². The van der Waals surface area contributed by atoms with Crippen molar-refractivity contribution in [2.75, 3.05) is 0 Å². The molecule has 5 heteroatoms. The molecule has 2 aromatic rings. The number of hydrogen-bond donors (Lipinski definition) is 2. The van der Waals surface area contributed by atoms with Gasteiger partial charge in [0.1, 0.15) is 5.82 Å². The molecule has 2 N–H and O–H groups in total. The minimum Gasteiger partial charge on any atom is -0.347 e. The van der Waals surface area contributed by atoms with Gasteiger partial charge < -0.3 is 10.3 Å². The molecule has 0 spiro atoms. The van der Waals surface area contributed by atoms with Crippen molar-refractivity contribution in [3.05, 3.63) is 36.2 Å². The number of nitrogens with one attached hydrogen (secondary N) is 2. The van der Waals surface area contributed by atoms with Crippen LogP contribution in [0.3, 0.4) is 0 Å². The van der Waals surface area contributed by atoms with Crippen LogP contribution in [0.15, 0.2) is 24.8 Å². The van der Waals surface area contributed by atoms with Gasteiger partial charge in [0, 0.05) is 37.2 Å². The Balaban J connectivity index is 1.92. The molecule has 92 valence electrons. The molecule has 2 heterocycles. The van der Waals surface area contributed by atoms with Gasteiger partial charge in [0.2, 0.25) is 0 Å². The van der Waals surface area contributed by atoms with Crippen LogP contribution in [0.25, 0.3) is 0 Å². The molecule has 0 aromatic carbocycles. The number of nitrogens with zero attached hydrogens (tertiary/aromatic N) is 3. The zero-order chi connectivity index (χ0) is 12.1. The maximum absolute atomic E-state index is 4.28. The molecule has 0 saturated carbocycles. The molecule has 1 unspecified atom stereocenters. The molecule has 1 atom stereocenters. The zero-order valence-corrected chi connectivity index (χ0v) is 10.3. The molecule has 5 nitrogen and oxygen atoms in total. The predicted octanol–water partition coefficient (Wildman–Crippen LogP) is 1.87. The van der Waals surface area contributed by atoms with Crippen molar-refractivity contribution in [3.63, 3.8) is 0 Å². The second-order valence-electron chi connectivity index (χ2n) is 4.02. The average Bonchev–Trinajstić information content (AvgIpc) is 3.00. The topological polar surface area (TPSA) is 58.5 Å². The van der Waals surface area contributed by atoms with Crippen molar-refractivity contribution in [2.45, 2.75) is 39.4 Å². The third-order valence-electron chi connectivity index (χ3n) is 2.82. The normalized spacial score (nSPS) is 12.8. The second-order valence-corrected chi connectivity index (χ2v) is 4.02. The van der Waals surface area contributed by atoms with Gasteiger partial charge in [-0.05, 0) is 13.3 Å². The Kier molecular flexibility index (Phi) is 3.93. The minimum absolute atomic E-state index is 0.273. The van der Waals surface area contributed by atoms with Crippen LogP contribution in [-0.2, 0) is 13.1 Å². The van der Waals surface area contributed by atoms with Crippen molar-refractivity contribution >= 4 is 0 Å². The first-order chi connectivity index (χ1) is 8.33. The smallest absolute Gasteiger partial charge is 0.123 e. The molecule has 0 amide bonds. The van der Waals surface area contributed by atoms with Gasteiger partial charge in [0.15, 0.2) is 0 Å². The fraction of sp³-hybridized carbons (Fsp3) is 0.500. The zero-order valence-electron chi connectivity index (χ0n) is 10.3. The van der Waals surface area contributed by atoms with E-state index in [2.05, 4.69) is 40.4 Å². The highest BCUT2D eigenvalue weighted by atomic mass is 15.3. The minimum atomic E-state index is 0.273. The van der Waals surface area contributed by atoms with Crippen molar-refractivity contribution in [1.29, 1.82) is 0 Å². The van der Waals surface area contributed by atoms with Gasteiger partial charge in [0.25, 0.3) is 0 Å². The highest BCUT2D eigenvalue weighted by Crippen LogP contribution is 2.12. The van der Waals surface area contributed by atoms with E-state index in [0.717, 1.165) is 25.3 Å². The summed E-state index contributed by atoms with van der Waals surface area (Å²) >= 11 is 0. The van der Waals surface area contributed by atoms with Crippen LogP contribution in [0.5, 0.6) is 0 Å². The average molecular weight is 233 g/mol.